The lowest BCUT2D eigenvalue weighted by molar-refractivity contribution is -0.130. The van der Waals surface area contributed by atoms with Gasteiger partial charge in [0.05, 0.1) is 11.0 Å². The van der Waals surface area contributed by atoms with Crippen LogP contribution in [-0.4, -0.2) is 33.4 Å². The van der Waals surface area contributed by atoms with Crippen LogP contribution in [0.4, 0.5) is 0 Å². The molecule has 0 radical (unpaired) electrons. The molecule has 0 spiro atoms. The number of fused-ring (bicyclic) bond motifs is 1. The van der Waals surface area contributed by atoms with E-state index in [0.717, 1.165) is 37.0 Å². The van der Waals surface area contributed by atoms with E-state index in [1.54, 1.807) is 0 Å². The van der Waals surface area contributed by atoms with Crippen molar-refractivity contribution in [1.29, 1.82) is 0 Å². The van der Waals surface area contributed by atoms with Crippen LogP contribution in [0.3, 0.4) is 0 Å². The Labute approximate surface area is 123 Å². The molecule has 1 aliphatic heterocycles. The van der Waals surface area contributed by atoms with Crippen molar-refractivity contribution in [2.24, 2.45) is 0 Å². The number of rotatable bonds is 3. The Morgan fingerprint density at radius 2 is 2.10 bits per heavy atom. The fourth-order valence-electron chi connectivity index (χ4n) is 2.83. The van der Waals surface area contributed by atoms with Gasteiger partial charge in [0.2, 0.25) is 5.91 Å². The van der Waals surface area contributed by atoms with E-state index in [1.807, 2.05) is 9.47 Å². The number of hydrogen-bond acceptors (Lipinski definition) is 2. The third kappa shape index (κ3) is 2.50. The number of benzene rings is 1. The monoisotopic (exact) mass is 289 g/mol. The van der Waals surface area contributed by atoms with E-state index in [1.165, 1.54) is 5.56 Å². The summed E-state index contributed by atoms with van der Waals surface area (Å²) in [5.41, 5.74) is 3.33. The first kappa shape index (κ1) is 13.4. The van der Waals surface area contributed by atoms with Crippen LogP contribution in [0.25, 0.3) is 11.0 Å². The predicted octanol–water partition coefficient (Wildman–Crippen LogP) is 3.02. The first-order chi connectivity index (χ1) is 9.65. The highest BCUT2D eigenvalue weighted by molar-refractivity contribution is 7.71. The molecule has 0 aliphatic carbocycles. The van der Waals surface area contributed by atoms with Crippen LogP contribution in [0, 0.1) is 11.7 Å². The van der Waals surface area contributed by atoms with Crippen LogP contribution < -0.4 is 0 Å². The lowest BCUT2D eigenvalue weighted by Crippen LogP contribution is -2.28. The molecular formula is C15H19N3OS. The van der Waals surface area contributed by atoms with Crippen LogP contribution in [0.5, 0.6) is 0 Å². The summed E-state index contributed by atoms with van der Waals surface area (Å²) in [5.74, 6) is 0.242. The third-order valence-electron chi connectivity index (χ3n) is 3.94. The SMILES string of the molecule is Cc1ccc2c(c1)[nH]c(=S)n2CCC(=O)N1CCCC1. The van der Waals surface area contributed by atoms with E-state index in [2.05, 4.69) is 30.1 Å². The molecule has 106 valence electrons. The molecule has 1 aromatic carbocycles. The van der Waals surface area contributed by atoms with Gasteiger partial charge in [-0.1, -0.05) is 6.07 Å². The number of likely N-dealkylation sites (tertiary alicyclic amines) is 1. The number of amides is 1. The molecule has 0 bridgehead atoms. The number of carbonyl (C=O) groups excluding carboxylic acids is 1. The maximum atomic E-state index is 12.1. The summed E-state index contributed by atoms with van der Waals surface area (Å²) < 4.78 is 2.72. The van der Waals surface area contributed by atoms with Gasteiger partial charge in [-0.05, 0) is 49.7 Å². The maximum absolute atomic E-state index is 12.1. The van der Waals surface area contributed by atoms with E-state index in [9.17, 15) is 4.79 Å². The van der Waals surface area contributed by atoms with Crippen LogP contribution >= 0.6 is 12.2 Å². The van der Waals surface area contributed by atoms with Gasteiger partial charge in [-0.25, -0.2) is 0 Å². The smallest absolute Gasteiger partial charge is 0.224 e. The molecular weight excluding hydrogens is 270 g/mol. The van der Waals surface area contributed by atoms with Crippen molar-refractivity contribution in [3.05, 3.63) is 28.5 Å². The quantitative estimate of drug-likeness (QED) is 0.882. The highest BCUT2D eigenvalue weighted by atomic mass is 32.1. The zero-order valence-corrected chi connectivity index (χ0v) is 12.5. The number of imidazole rings is 1. The number of hydrogen-bond donors (Lipinski definition) is 1. The predicted molar refractivity (Wildman–Crippen MR) is 82.3 cm³/mol. The fourth-order valence-corrected chi connectivity index (χ4v) is 3.13. The molecule has 2 heterocycles. The summed E-state index contributed by atoms with van der Waals surface area (Å²) in [7, 11) is 0. The fraction of sp³-hybridized carbons (Fsp3) is 0.467. The van der Waals surface area contributed by atoms with Crippen molar-refractivity contribution in [1.82, 2.24) is 14.5 Å². The van der Waals surface area contributed by atoms with Gasteiger partial charge in [-0.15, -0.1) is 0 Å². The molecule has 0 atom stereocenters. The third-order valence-corrected chi connectivity index (χ3v) is 4.26. The van der Waals surface area contributed by atoms with Crippen LogP contribution in [0.2, 0.25) is 0 Å². The van der Waals surface area contributed by atoms with E-state index in [0.29, 0.717) is 17.7 Å². The average Bonchev–Trinajstić information content (AvgIpc) is 3.03. The van der Waals surface area contributed by atoms with Crippen LogP contribution in [-0.2, 0) is 11.3 Å². The summed E-state index contributed by atoms with van der Waals surface area (Å²) in [6.45, 7) is 4.54. The lowest BCUT2D eigenvalue weighted by atomic mass is 10.2. The molecule has 0 saturated carbocycles. The molecule has 1 amide bonds. The summed E-state index contributed by atoms with van der Waals surface area (Å²) in [6.07, 6.45) is 2.80. The van der Waals surface area contributed by atoms with Gasteiger partial charge in [0.25, 0.3) is 0 Å². The van der Waals surface area contributed by atoms with E-state index < -0.39 is 0 Å². The molecule has 1 saturated heterocycles. The summed E-state index contributed by atoms with van der Waals surface area (Å²) in [4.78, 5) is 17.3. The standard InChI is InChI=1S/C15H19N3OS/c1-11-4-5-13-12(10-11)16-15(20)18(13)9-6-14(19)17-7-2-3-8-17/h4-5,10H,2-3,6-9H2,1H3,(H,16,20). The molecule has 0 unspecified atom stereocenters. The second-order valence-electron chi connectivity index (χ2n) is 5.44. The van der Waals surface area contributed by atoms with Crippen molar-refractivity contribution < 1.29 is 4.79 Å². The van der Waals surface area contributed by atoms with Crippen molar-refractivity contribution in [2.75, 3.05) is 13.1 Å². The molecule has 1 fully saturated rings. The number of aryl methyl sites for hydroxylation is 2. The van der Waals surface area contributed by atoms with Crippen LogP contribution in [0.1, 0.15) is 24.8 Å². The minimum atomic E-state index is 0.242. The second-order valence-corrected chi connectivity index (χ2v) is 5.83. The number of nitrogens with one attached hydrogen (secondary N) is 1. The molecule has 4 nitrogen and oxygen atoms in total. The molecule has 20 heavy (non-hydrogen) atoms. The zero-order chi connectivity index (χ0) is 14.1. The number of aromatic amines is 1. The highest BCUT2D eigenvalue weighted by Gasteiger charge is 2.17. The van der Waals surface area contributed by atoms with Gasteiger partial charge >= 0.3 is 0 Å². The summed E-state index contributed by atoms with van der Waals surface area (Å²) in [6, 6.07) is 6.23. The van der Waals surface area contributed by atoms with Crippen molar-refractivity contribution >= 4 is 29.2 Å². The van der Waals surface area contributed by atoms with Crippen molar-refractivity contribution in [2.45, 2.75) is 32.7 Å². The minimum absolute atomic E-state index is 0.242. The van der Waals surface area contributed by atoms with Gasteiger partial charge in [0.15, 0.2) is 4.77 Å². The highest BCUT2D eigenvalue weighted by Crippen LogP contribution is 2.17. The zero-order valence-electron chi connectivity index (χ0n) is 11.7. The van der Waals surface area contributed by atoms with Gasteiger partial charge in [-0.2, -0.15) is 0 Å². The number of nitrogens with zero attached hydrogens (tertiary/aromatic N) is 2. The van der Waals surface area contributed by atoms with E-state index >= 15 is 0 Å². The molecule has 1 aliphatic rings. The lowest BCUT2D eigenvalue weighted by Gasteiger charge is -2.15. The average molecular weight is 289 g/mol. The molecule has 1 N–H and O–H groups in total. The Bertz CT molecular complexity index is 695. The normalized spacial score (nSPS) is 15.2. The Morgan fingerprint density at radius 1 is 1.35 bits per heavy atom. The first-order valence-electron chi connectivity index (χ1n) is 7.12. The van der Waals surface area contributed by atoms with E-state index in [4.69, 9.17) is 12.2 Å². The first-order valence-corrected chi connectivity index (χ1v) is 7.53. The van der Waals surface area contributed by atoms with Crippen molar-refractivity contribution in [3.63, 3.8) is 0 Å². The Balaban J connectivity index is 1.78. The number of carbonyl (C=O) groups is 1. The molecule has 2 aromatic rings. The Kier molecular flexibility index (Phi) is 3.61. The van der Waals surface area contributed by atoms with Gasteiger partial charge in [0.1, 0.15) is 0 Å². The Hall–Kier alpha value is -1.62. The van der Waals surface area contributed by atoms with Gasteiger partial charge in [-0.3, -0.25) is 4.79 Å². The molecule has 1 aromatic heterocycles. The van der Waals surface area contributed by atoms with Crippen LogP contribution in [0.15, 0.2) is 18.2 Å². The van der Waals surface area contributed by atoms with Gasteiger partial charge in [0, 0.05) is 26.1 Å². The largest absolute Gasteiger partial charge is 0.343 e. The molecule has 5 heteroatoms. The van der Waals surface area contributed by atoms with E-state index in [-0.39, 0.29) is 5.91 Å². The summed E-state index contributed by atoms with van der Waals surface area (Å²) >= 11 is 5.37. The molecule has 3 rings (SSSR count). The minimum Gasteiger partial charge on any atom is -0.343 e. The second kappa shape index (κ2) is 5.40. The van der Waals surface area contributed by atoms with Crippen molar-refractivity contribution in [3.8, 4) is 0 Å². The van der Waals surface area contributed by atoms with Gasteiger partial charge < -0.3 is 14.5 Å². The Morgan fingerprint density at radius 3 is 2.85 bits per heavy atom. The topological polar surface area (TPSA) is 41.0 Å². The number of aromatic nitrogens is 2. The maximum Gasteiger partial charge on any atom is 0.224 e. The number of H-pyrrole nitrogens is 1. The summed E-state index contributed by atoms with van der Waals surface area (Å²) in [5, 5.41) is 0.